The first-order valence-electron chi connectivity index (χ1n) is 8.91. The lowest BCUT2D eigenvalue weighted by molar-refractivity contribution is -0.122. The number of hydrogen-bond donors (Lipinski definition) is 1. The Balaban J connectivity index is 1.36. The summed E-state index contributed by atoms with van der Waals surface area (Å²) in [5, 5.41) is 2.99. The van der Waals surface area contributed by atoms with Crippen LogP contribution in [0.25, 0.3) is 11.0 Å². The molecule has 1 aliphatic heterocycles. The Morgan fingerprint density at radius 3 is 3.04 bits per heavy atom. The molecule has 1 saturated carbocycles. The van der Waals surface area contributed by atoms with Crippen LogP contribution in [0.15, 0.2) is 42.7 Å². The van der Waals surface area contributed by atoms with Crippen molar-refractivity contribution in [3.05, 3.63) is 59.7 Å². The van der Waals surface area contributed by atoms with Gasteiger partial charge in [0.1, 0.15) is 5.82 Å². The minimum Gasteiger partial charge on any atom is -0.352 e. The quantitative estimate of drug-likeness (QED) is 0.787. The van der Waals surface area contributed by atoms with E-state index >= 15 is 0 Å². The standard InChI is InChI=1S/C20H18N4O2/c25-17-6-8-24-18-13(17)4-1-5-16(18)23-19(24)14-9-15(14)20(26)22-11-12-3-2-7-21-10-12/h1-5,7,10,14-15H,6,8-9,11H2,(H,22,26). The molecule has 0 bridgehead atoms. The number of carbonyl (C=O) groups is 2. The van der Waals surface area contributed by atoms with Crippen LogP contribution in [0.4, 0.5) is 0 Å². The number of rotatable bonds is 4. The van der Waals surface area contributed by atoms with Gasteiger partial charge in [-0.2, -0.15) is 0 Å². The smallest absolute Gasteiger partial charge is 0.224 e. The molecule has 1 fully saturated rings. The molecule has 1 aliphatic carbocycles. The number of imidazole rings is 1. The van der Waals surface area contributed by atoms with Crippen LogP contribution in [-0.4, -0.2) is 26.2 Å². The van der Waals surface area contributed by atoms with E-state index in [1.165, 1.54) is 0 Å². The molecule has 1 N–H and O–H groups in total. The van der Waals surface area contributed by atoms with Gasteiger partial charge in [-0.25, -0.2) is 4.98 Å². The van der Waals surface area contributed by atoms with Gasteiger partial charge in [-0.05, 0) is 30.2 Å². The number of Topliss-reactive ketones (excluding diaryl/α,β-unsaturated/α-hetero) is 1. The lowest BCUT2D eigenvalue weighted by Gasteiger charge is -2.15. The highest BCUT2D eigenvalue weighted by Crippen LogP contribution is 2.48. The number of hydrogen-bond acceptors (Lipinski definition) is 4. The summed E-state index contributed by atoms with van der Waals surface area (Å²) in [5.41, 5.74) is 3.53. The Labute approximate surface area is 150 Å². The fourth-order valence-corrected chi connectivity index (χ4v) is 3.88. The van der Waals surface area contributed by atoms with Gasteiger partial charge in [0, 0.05) is 49.3 Å². The molecule has 1 aromatic carbocycles. The van der Waals surface area contributed by atoms with Crippen molar-refractivity contribution in [1.29, 1.82) is 0 Å². The van der Waals surface area contributed by atoms with Crippen LogP contribution in [-0.2, 0) is 17.9 Å². The molecule has 0 spiro atoms. The highest BCUT2D eigenvalue weighted by atomic mass is 16.2. The number of para-hydroxylation sites is 1. The van der Waals surface area contributed by atoms with E-state index in [2.05, 4.69) is 14.9 Å². The Morgan fingerprint density at radius 2 is 2.19 bits per heavy atom. The zero-order valence-electron chi connectivity index (χ0n) is 14.2. The minimum absolute atomic E-state index is 0.0409. The third kappa shape index (κ3) is 2.41. The second-order valence-electron chi connectivity index (χ2n) is 7.00. The van der Waals surface area contributed by atoms with Gasteiger partial charge in [-0.1, -0.05) is 12.1 Å². The summed E-state index contributed by atoms with van der Waals surface area (Å²) in [5.74, 6) is 1.28. The molecule has 2 aromatic heterocycles. The molecule has 2 unspecified atom stereocenters. The van der Waals surface area contributed by atoms with Crippen LogP contribution in [0.1, 0.15) is 40.5 Å². The Kier molecular flexibility index (Phi) is 3.38. The van der Waals surface area contributed by atoms with Gasteiger partial charge < -0.3 is 9.88 Å². The fourth-order valence-electron chi connectivity index (χ4n) is 3.88. The van der Waals surface area contributed by atoms with Crippen molar-refractivity contribution in [2.75, 3.05) is 0 Å². The Bertz CT molecular complexity index is 1020. The molecule has 2 aliphatic rings. The van der Waals surface area contributed by atoms with E-state index in [0.717, 1.165) is 34.4 Å². The number of pyridine rings is 1. The highest BCUT2D eigenvalue weighted by Gasteiger charge is 2.47. The van der Waals surface area contributed by atoms with E-state index in [9.17, 15) is 9.59 Å². The van der Waals surface area contributed by atoms with Crippen LogP contribution in [0, 0.1) is 5.92 Å². The van der Waals surface area contributed by atoms with Gasteiger partial charge in [-0.3, -0.25) is 14.6 Å². The molecule has 6 nitrogen and oxygen atoms in total. The van der Waals surface area contributed by atoms with Gasteiger partial charge in [0.05, 0.1) is 11.0 Å². The third-order valence-corrected chi connectivity index (χ3v) is 5.31. The summed E-state index contributed by atoms with van der Waals surface area (Å²) in [6.45, 7) is 1.15. The maximum atomic E-state index is 12.5. The minimum atomic E-state index is -0.0409. The van der Waals surface area contributed by atoms with Crippen LogP contribution < -0.4 is 5.32 Å². The van der Waals surface area contributed by atoms with Crippen molar-refractivity contribution in [1.82, 2.24) is 19.9 Å². The van der Waals surface area contributed by atoms with E-state index in [1.807, 2.05) is 30.3 Å². The van der Waals surface area contributed by atoms with Gasteiger partial charge in [-0.15, -0.1) is 0 Å². The molecule has 2 atom stereocenters. The second kappa shape index (κ2) is 5.76. The first-order valence-corrected chi connectivity index (χ1v) is 8.91. The number of aryl methyl sites for hydroxylation is 1. The van der Waals surface area contributed by atoms with Gasteiger partial charge in [0.15, 0.2) is 5.78 Å². The topological polar surface area (TPSA) is 76.9 Å². The molecule has 5 rings (SSSR count). The predicted octanol–water partition coefficient (Wildman–Crippen LogP) is 2.44. The number of aromatic nitrogens is 3. The average Bonchev–Trinajstić information content (AvgIpc) is 3.39. The molecule has 3 aromatic rings. The fraction of sp³-hybridized carbons (Fsp3) is 0.300. The number of nitrogens with zero attached hydrogens (tertiary/aromatic N) is 3. The summed E-state index contributed by atoms with van der Waals surface area (Å²) in [6, 6.07) is 9.50. The van der Waals surface area contributed by atoms with Gasteiger partial charge in [0.25, 0.3) is 0 Å². The van der Waals surface area contributed by atoms with E-state index in [-0.39, 0.29) is 23.5 Å². The zero-order valence-corrected chi connectivity index (χ0v) is 14.2. The maximum Gasteiger partial charge on any atom is 0.224 e. The second-order valence-corrected chi connectivity index (χ2v) is 7.00. The van der Waals surface area contributed by atoms with E-state index in [1.54, 1.807) is 12.4 Å². The molecule has 6 heteroatoms. The molecule has 130 valence electrons. The van der Waals surface area contributed by atoms with Crippen molar-refractivity contribution < 1.29 is 9.59 Å². The first kappa shape index (κ1) is 15.3. The van der Waals surface area contributed by atoms with Gasteiger partial charge in [0.2, 0.25) is 5.91 Å². The van der Waals surface area contributed by atoms with Crippen molar-refractivity contribution in [2.24, 2.45) is 5.92 Å². The van der Waals surface area contributed by atoms with Gasteiger partial charge >= 0.3 is 0 Å². The molecular formula is C20H18N4O2. The molecule has 3 heterocycles. The molecule has 26 heavy (non-hydrogen) atoms. The van der Waals surface area contributed by atoms with Crippen LogP contribution in [0.2, 0.25) is 0 Å². The molecule has 0 saturated heterocycles. The summed E-state index contributed by atoms with van der Waals surface area (Å²) in [4.78, 5) is 33.5. The van der Waals surface area contributed by atoms with Crippen LogP contribution in [0.3, 0.4) is 0 Å². The molecule has 0 radical (unpaired) electrons. The summed E-state index contributed by atoms with van der Waals surface area (Å²) in [7, 11) is 0. The zero-order chi connectivity index (χ0) is 17.7. The number of ketones is 1. The Hall–Kier alpha value is -3.02. The highest BCUT2D eigenvalue weighted by molar-refractivity contribution is 6.07. The number of amides is 1. The number of carbonyl (C=O) groups excluding carboxylic acids is 2. The lowest BCUT2D eigenvalue weighted by Crippen LogP contribution is -2.25. The molecule has 1 amide bonds. The van der Waals surface area contributed by atoms with E-state index < -0.39 is 0 Å². The maximum absolute atomic E-state index is 12.5. The number of nitrogens with one attached hydrogen (secondary N) is 1. The Morgan fingerprint density at radius 1 is 1.27 bits per heavy atom. The summed E-state index contributed by atoms with van der Waals surface area (Å²) >= 11 is 0. The van der Waals surface area contributed by atoms with Crippen molar-refractivity contribution in [2.45, 2.75) is 31.8 Å². The monoisotopic (exact) mass is 346 g/mol. The average molecular weight is 346 g/mol. The van der Waals surface area contributed by atoms with Crippen molar-refractivity contribution in [3.63, 3.8) is 0 Å². The first-order chi connectivity index (χ1) is 12.7. The largest absolute Gasteiger partial charge is 0.352 e. The van der Waals surface area contributed by atoms with Crippen molar-refractivity contribution in [3.8, 4) is 0 Å². The van der Waals surface area contributed by atoms with E-state index in [0.29, 0.717) is 19.5 Å². The van der Waals surface area contributed by atoms with Crippen molar-refractivity contribution >= 4 is 22.7 Å². The molecular weight excluding hydrogens is 328 g/mol. The number of benzene rings is 1. The van der Waals surface area contributed by atoms with E-state index in [4.69, 9.17) is 4.98 Å². The predicted molar refractivity (Wildman–Crippen MR) is 95.6 cm³/mol. The van der Waals surface area contributed by atoms with Crippen LogP contribution >= 0.6 is 0 Å². The SMILES string of the molecule is O=C1CCn2c(C3CC3C(=O)NCc3cccnc3)nc3cccc1c32. The lowest BCUT2D eigenvalue weighted by atomic mass is 10.0. The summed E-state index contributed by atoms with van der Waals surface area (Å²) in [6.07, 6.45) is 4.79. The van der Waals surface area contributed by atoms with Crippen LogP contribution in [0.5, 0.6) is 0 Å². The normalized spacial score (nSPS) is 21.0. The third-order valence-electron chi connectivity index (χ3n) is 5.31. The summed E-state index contributed by atoms with van der Waals surface area (Å²) < 4.78 is 2.14.